The molecule has 0 aliphatic heterocycles. The monoisotopic (exact) mass is 486 g/mol. The van der Waals surface area contributed by atoms with Gasteiger partial charge in [0.15, 0.2) is 5.69 Å². The third kappa shape index (κ3) is 5.40. The lowest BCUT2D eigenvalue weighted by atomic mass is 9.94. The molecule has 10 heteroatoms. The van der Waals surface area contributed by atoms with Crippen LogP contribution in [0.4, 0.5) is 5.69 Å². The predicted octanol–water partition coefficient (Wildman–Crippen LogP) is 3.60. The lowest BCUT2D eigenvalue weighted by molar-refractivity contribution is -0.123. The molecule has 1 aliphatic carbocycles. The molecule has 2 amide bonds. The zero-order chi connectivity index (χ0) is 25.7. The molecule has 36 heavy (non-hydrogen) atoms. The second-order valence-electron chi connectivity index (χ2n) is 9.96. The number of nitrogens with one attached hydrogen (secondary N) is 2. The van der Waals surface area contributed by atoms with Gasteiger partial charge in [0.1, 0.15) is 29.3 Å². The number of carbonyl (C=O) groups excluding carboxylic acids is 2. The Morgan fingerprint density at radius 1 is 1.17 bits per heavy atom. The summed E-state index contributed by atoms with van der Waals surface area (Å²) in [6.07, 6.45) is 12.3. The fourth-order valence-corrected chi connectivity index (χ4v) is 4.35. The maximum Gasteiger partial charge on any atom is 0.277 e. The number of hydrogen-bond donors (Lipinski definition) is 2. The summed E-state index contributed by atoms with van der Waals surface area (Å²) in [5.41, 5.74) is 0.393. The van der Waals surface area contributed by atoms with E-state index in [2.05, 4.69) is 36.3 Å². The zero-order valence-corrected chi connectivity index (χ0v) is 20.7. The van der Waals surface area contributed by atoms with Crippen LogP contribution in [0.2, 0.25) is 0 Å². The minimum Gasteiger partial charge on any atom is -0.351 e. The number of H-pyrrole nitrogens is 1. The Hall–Kier alpha value is -4.13. The average Bonchev–Trinajstić information content (AvgIpc) is 3.42. The molecule has 0 bridgehead atoms. The Kier molecular flexibility index (Phi) is 7.38. The molecule has 2 N–H and O–H groups in total. The van der Waals surface area contributed by atoms with Gasteiger partial charge >= 0.3 is 0 Å². The van der Waals surface area contributed by atoms with Gasteiger partial charge in [0.2, 0.25) is 5.91 Å². The largest absolute Gasteiger partial charge is 0.351 e. The Labute approximate surface area is 210 Å². The maximum atomic E-state index is 13.9. The fourth-order valence-electron chi connectivity index (χ4n) is 4.35. The number of nitriles is 1. The molecule has 10 nitrogen and oxygen atoms in total. The number of imidazole rings is 1. The summed E-state index contributed by atoms with van der Waals surface area (Å²) in [5.74, 6) is -0.434. The summed E-state index contributed by atoms with van der Waals surface area (Å²) >= 11 is 0. The van der Waals surface area contributed by atoms with Crippen LogP contribution in [0.5, 0.6) is 0 Å². The number of carbonyl (C=O) groups is 2. The van der Waals surface area contributed by atoms with E-state index in [0.29, 0.717) is 11.4 Å². The number of hydrogen-bond acceptors (Lipinski definition) is 7. The summed E-state index contributed by atoms with van der Waals surface area (Å²) in [6.45, 7) is 5.81. The van der Waals surface area contributed by atoms with Gasteiger partial charge < -0.3 is 10.3 Å². The standard InChI is InChI=1S/C26H30N8O2/c1-26(2,3)25-30-15-21(19(12-27)33-25)34(24(36)20-14-29-16-31-20)22(17-8-7-11-28-13-17)23(35)32-18-9-5-4-6-10-18/h7-8,11,13-16,18,22H,4-6,9-10H2,1-3H3,(H,29,31)(H,32,35). The number of aromatic nitrogens is 5. The molecule has 0 saturated heterocycles. The number of nitrogens with zero attached hydrogens (tertiary/aromatic N) is 6. The van der Waals surface area contributed by atoms with E-state index in [9.17, 15) is 14.9 Å². The van der Waals surface area contributed by atoms with Crippen LogP contribution in [0.3, 0.4) is 0 Å². The lowest BCUT2D eigenvalue weighted by Crippen LogP contribution is -2.47. The predicted molar refractivity (Wildman–Crippen MR) is 133 cm³/mol. The molecule has 1 fully saturated rings. The number of pyridine rings is 1. The van der Waals surface area contributed by atoms with Crippen molar-refractivity contribution >= 4 is 17.5 Å². The van der Waals surface area contributed by atoms with E-state index < -0.39 is 17.4 Å². The first kappa shape index (κ1) is 25.0. The van der Waals surface area contributed by atoms with E-state index in [1.54, 1.807) is 24.5 Å². The average molecular weight is 487 g/mol. The second-order valence-corrected chi connectivity index (χ2v) is 9.96. The van der Waals surface area contributed by atoms with Crippen LogP contribution in [0, 0.1) is 11.3 Å². The number of anilines is 1. The van der Waals surface area contributed by atoms with Crippen LogP contribution < -0.4 is 10.2 Å². The van der Waals surface area contributed by atoms with Gasteiger partial charge in [-0.05, 0) is 18.9 Å². The van der Waals surface area contributed by atoms with Crippen molar-refractivity contribution in [2.24, 2.45) is 0 Å². The van der Waals surface area contributed by atoms with Gasteiger partial charge in [-0.25, -0.2) is 15.0 Å². The van der Waals surface area contributed by atoms with Gasteiger partial charge in [0.25, 0.3) is 5.91 Å². The van der Waals surface area contributed by atoms with Crippen molar-refractivity contribution in [1.82, 2.24) is 30.2 Å². The molecule has 3 heterocycles. The smallest absolute Gasteiger partial charge is 0.277 e. The molecule has 3 aromatic heterocycles. The van der Waals surface area contributed by atoms with E-state index >= 15 is 0 Å². The molecule has 1 aliphatic rings. The quantitative estimate of drug-likeness (QED) is 0.542. The van der Waals surface area contributed by atoms with Crippen LogP contribution >= 0.6 is 0 Å². The van der Waals surface area contributed by atoms with Crippen LogP contribution in [-0.4, -0.2) is 42.8 Å². The summed E-state index contributed by atoms with van der Waals surface area (Å²) < 4.78 is 0. The van der Waals surface area contributed by atoms with Crippen molar-refractivity contribution in [3.63, 3.8) is 0 Å². The number of aromatic amines is 1. The summed E-state index contributed by atoms with van der Waals surface area (Å²) in [5, 5.41) is 13.1. The fraction of sp³-hybridized carbons (Fsp3) is 0.423. The molecule has 4 rings (SSSR count). The summed E-state index contributed by atoms with van der Waals surface area (Å²) in [7, 11) is 0. The Balaban J connectivity index is 1.86. The Bertz CT molecular complexity index is 1240. The minimum absolute atomic E-state index is 0.00199. The van der Waals surface area contributed by atoms with Crippen LogP contribution in [0.15, 0.2) is 43.2 Å². The van der Waals surface area contributed by atoms with Gasteiger partial charge in [-0.15, -0.1) is 0 Å². The molecule has 1 atom stereocenters. The van der Waals surface area contributed by atoms with Gasteiger partial charge in [0, 0.05) is 29.4 Å². The van der Waals surface area contributed by atoms with Crippen molar-refractivity contribution in [1.29, 1.82) is 5.26 Å². The van der Waals surface area contributed by atoms with Crippen molar-refractivity contribution < 1.29 is 9.59 Å². The topological polar surface area (TPSA) is 141 Å². The highest BCUT2D eigenvalue weighted by Gasteiger charge is 2.37. The van der Waals surface area contributed by atoms with Gasteiger partial charge in [0.05, 0.1) is 18.7 Å². The number of rotatable bonds is 6. The molecular weight excluding hydrogens is 456 g/mol. The lowest BCUT2D eigenvalue weighted by Gasteiger charge is -2.33. The minimum atomic E-state index is -1.10. The van der Waals surface area contributed by atoms with E-state index in [1.807, 2.05) is 20.8 Å². The molecule has 0 aromatic carbocycles. The molecule has 0 radical (unpaired) electrons. The molecule has 186 valence electrons. The third-order valence-electron chi connectivity index (χ3n) is 6.21. The van der Waals surface area contributed by atoms with Gasteiger partial charge in [-0.1, -0.05) is 46.1 Å². The highest BCUT2D eigenvalue weighted by Crippen LogP contribution is 2.32. The molecule has 1 unspecified atom stereocenters. The Morgan fingerprint density at radius 2 is 1.94 bits per heavy atom. The molecule has 1 saturated carbocycles. The van der Waals surface area contributed by atoms with E-state index in [1.165, 1.54) is 23.6 Å². The first-order chi connectivity index (χ1) is 17.3. The SMILES string of the molecule is CC(C)(C)c1ncc(N(C(=O)c2cnc[nH]2)C(C(=O)NC2CCCCC2)c2cccnc2)c(C#N)n1. The van der Waals surface area contributed by atoms with Crippen molar-refractivity contribution in [2.75, 3.05) is 4.90 Å². The normalized spacial score (nSPS) is 15.1. The van der Waals surface area contributed by atoms with E-state index in [-0.39, 0.29) is 29.0 Å². The second kappa shape index (κ2) is 10.6. The summed E-state index contributed by atoms with van der Waals surface area (Å²) in [4.78, 5) is 48.9. The Morgan fingerprint density at radius 3 is 2.56 bits per heavy atom. The highest BCUT2D eigenvalue weighted by atomic mass is 16.2. The van der Waals surface area contributed by atoms with E-state index in [4.69, 9.17) is 0 Å². The molecular formula is C26H30N8O2. The highest BCUT2D eigenvalue weighted by molar-refractivity contribution is 6.09. The van der Waals surface area contributed by atoms with Crippen LogP contribution in [0.25, 0.3) is 0 Å². The van der Waals surface area contributed by atoms with E-state index in [0.717, 1.165) is 32.1 Å². The van der Waals surface area contributed by atoms with Crippen LogP contribution in [-0.2, 0) is 10.2 Å². The first-order valence-electron chi connectivity index (χ1n) is 12.1. The zero-order valence-electron chi connectivity index (χ0n) is 20.7. The van der Waals surface area contributed by atoms with Crippen molar-refractivity contribution in [3.05, 3.63) is 66.0 Å². The first-order valence-corrected chi connectivity index (χ1v) is 12.1. The van der Waals surface area contributed by atoms with Crippen molar-refractivity contribution in [2.45, 2.75) is 70.4 Å². The molecule has 0 spiro atoms. The number of amides is 2. The van der Waals surface area contributed by atoms with Gasteiger partial charge in [-0.3, -0.25) is 19.5 Å². The van der Waals surface area contributed by atoms with Gasteiger partial charge in [-0.2, -0.15) is 5.26 Å². The van der Waals surface area contributed by atoms with Crippen LogP contribution in [0.1, 0.15) is 86.5 Å². The molecule has 3 aromatic rings. The third-order valence-corrected chi connectivity index (χ3v) is 6.21. The maximum absolute atomic E-state index is 13.9. The van der Waals surface area contributed by atoms with Crippen molar-refractivity contribution in [3.8, 4) is 6.07 Å². The summed E-state index contributed by atoms with van der Waals surface area (Å²) in [6, 6.07) is 4.46.